The summed E-state index contributed by atoms with van der Waals surface area (Å²) in [7, 11) is -8.05. The second-order valence-electron chi connectivity index (χ2n) is 6.35. The minimum absolute atomic E-state index is 0.0455. The zero-order valence-electron chi connectivity index (χ0n) is 15.8. The molecule has 0 bridgehead atoms. The number of sulfonamides is 2. The summed E-state index contributed by atoms with van der Waals surface area (Å²) < 4.78 is 61.1. The van der Waals surface area contributed by atoms with Crippen molar-refractivity contribution in [3.8, 4) is 11.3 Å². The van der Waals surface area contributed by atoms with Crippen LogP contribution in [0.25, 0.3) is 11.3 Å². The Morgan fingerprint density at radius 1 is 0.875 bits per heavy atom. The maximum atomic E-state index is 12.9. The molecule has 166 valence electrons. The van der Waals surface area contributed by atoms with Crippen LogP contribution < -0.4 is 9.44 Å². The van der Waals surface area contributed by atoms with E-state index in [1.54, 1.807) is 23.6 Å². The molecule has 0 saturated heterocycles. The summed E-state index contributed by atoms with van der Waals surface area (Å²) in [4.78, 5) is 3.77. The van der Waals surface area contributed by atoms with Crippen molar-refractivity contribution in [3.63, 3.8) is 0 Å². The van der Waals surface area contributed by atoms with Gasteiger partial charge in [-0.25, -0.2) is 21.8 Å². The van der Waals surface area contributed by atoms with Gasteiger partial charge in [0.05, 0.1) is 32.5 Å². The van der Waals surface area contributed by atoms with Crippen molar-refractivity contribution in [1.29, 1.82) is 0 Å². The quantitative estimate of drug-likeness (QED) is 0.334. The van der Waals surface area contributed by atoms with E-state index in [0.717, 1.165) is 11.3 Å². The van der Waals surface area contributed by atoms with E-state index in [-0.39, 0.29) is 30.5 Å². The summed E-state index contributed by atoms with van der Waals surface area (Å²) in [5, 5.41) is 1.70. The van der Waals surface area contributed by atoms with Crippen molar-refractivity contribution in [3.05, 3.63) is 76.5 Å². The Kier molecular flexibility index (Phi) is 6.19. The molecule has 0 radical (unpaired) electrons. The third-order valence-corrected chi connectivity index (χ3v) is 9.06. The van der Waals surface area contributed by atoms with Gasteiger partial charge in [0, 0.05) is 5.56 Å². The molecule has 0 fully saturated rings. The molecule has 0 atom stereocenters. The first-order chi connectivity index (χ1) is 15.2. The first-order valence-corrected chi connectivity index (χ1v) is 13.3. The van der Waals surface area contributed by atoms with Crippen molar-refractivity contribution in [2.75, 3.05) is 9.44 Å². The van der Waals surface area contributed by atoms with Crippen molar-refractivity contribution < 1.29 is 21.3 Å². The molecule has 4 aromatic rings. The molecule has 0 saturated carbocycles. The number of anilines is 2. The molecule has 4 rings (SSSR count). The third kappa shape index (κ3) is 4.76. The summed E-state index contributed by atoms with van der Waals surface area (Å²) in [6.07, 6.45) is 2.77. The van der Waals surface area contributed by atoms with Crippen LogP contribution in [0.3, 0.4) is 0 Å². The largest absolute Gasteiger partial charge is 0.444 e. The van der Waals surface area contributed by atoms with E-state index in [9.17, 15) is 16.8 Å². The number of halogens is 2. The molecule has 13 heteroatoms. The Balaban J connectivity index is 1.66. The number of hydrogen-bond donors (Lipinski definition) is 2. The predicted molar refractivity (Wildman–Crippen MR) is 124 cm³/mol. The smallest absolute Gasteiger partial charge is 0.271 e. The molecule has 2 aromatic heterocycles. The van der Waals surface area contributed by atoms with E-state index in [1.165, 1.54) is 42.9 Å². The van der Waals surface area contributed by atoms with Crippen LogP contribution in [0, 0.1) is 0 Å². The van der Waals surface area contributed by atoms with Crippen molar-refractivity contribution in [2.24, 2.45) is 0 Å². The maximum Gasteiger partial charge on any atom is 0.271 e. The topological polar surface area (TPSA) is 118 Å². The van der Waals surface area contributed by atoms with Crippen LogP contribution in [0.2, 0.25) is 10.0 Å². The van der Waals surface area contributed by atoms with Crippen LogP contribution in [0.5, 0.6) is 0 Å². The second-order valence-corrected chi connectivity index (χ2v) is 11.7. The molecule has 0 unspecified atom stereocenters. The standard InChI is InChI=1S/C19H13Cl2N3O5S3/c20-14-8-16(17(9-15(14)21)24-32(27,28)19-2-1-7-30-19)23-31(25,26)13-5-3-12(4-6-13)18-10-22-11-29-18/h1-11,23-24H. The van der Waals surface area contributed by atoms with Gasteiger partial charge in [-0.15, -0.1) is 11.3 Å². The minimum Gasteiger partial charge on any atom is -0.444 e. The molecule has 32 heavy (non-hydrogen) atoms. The van der Waals surface area contributed by atoms with E-state index in [1.807, 2.05) is 0 Å². The van der Waals surface area contributed by atoms with E-state index in [4.69, 9.17) is 27.6 Å². The van der Waals surface area contributed by atoms with E-state index >= 15 is 0 Å². The Bertz CT molecular complexity index is 1450. The van der Waals surface area contributed by atoms with Gasteiger partial charge in [0.15, 0.2) is 12.2 Å². The van der Waals surface area contributed by atoms with E-state index < -0.39 is 20.0 Å². The number of benzene rings is 2. The van der Waals surface area contributed by atoms with Crippen LogP contribution in [0.1, 0.15) is 0 Å². The molecule has 0 aliphatic carbocycles. The summed E-state index contributed by atoms with van der Waals surface area (Å²) in [5.41, 5.74) is 0.480. The van der Waals surface area contributed by atoms with Crippen LogP contribution in [-0.4, -0.2) is 21.8 Å². The molecule has 0 aliphatic rings. The van der Waals surface area contributed by atoms with Gasteiger partial charge in [-0.1, -0.05) is 29.3 Å². The summed E-state index contributed by atoms with van der Waals surface area (Å²) in [5.74, 6) is 0.483. The highest BCUT2D eigenvalue weighted by molar-refractivity contribution is 7.94. The lowest BCUT2D eigenvalue weighted by molar-refractivity contribution is 0.572. The van der Waals surface area contributed by atoms with Crippen LogP contribution in [0.4, 0.5) is 11.4 Å². The first kappa shape index (κ1) is 22.6. The lowest BCUT2D eigenvalue weighted by atomic mass is 10.2. The predicted octanol–water partition coefficient (Wildman–Crippen LogP) is 5.31. The number of nitrogens with zero attached hydrogens (tertiary/aromatic N) is 1. The fraction of sp³-hybridized carbons (Fsp3) is 0. The highest BCUT2D eigenvalue weighted by Crippen LogP contribution is 2.35. The van der Waals surface area contributed by atoms with Gasteiger partial charge >= 0.3 is 0 Å². The lowest BCUT2D eigenvalue weighted by Gasteiger charge is -2.15. The average Bonchev–Trinajstić information content (AvgIpc) is 3.46. The Morgan fingerprint density at radius 3 is 2.03 bits per heavy atom. The van der Waals surface area contributed by atoms with Crippen LogP contribution >= 0.6 is 34.5 Å². The number of thiophene rings is 1. The average molecular weight is 530 g/mol. The highest BCUT2D eigenvalue weighted by Gasteiger charge is 2.22. The number of oxazole rings is 1. The van der Waals surface area contributed by atoms with Crippen molar-refractivity contribution in [2.45, 2.75) is 9.10 Å². The molecular formula is C19H13Cl2N3O5S3. The molecule has 2 heterocycles. The molecule has 0 spiro atoms. The summed E-state index contributed by atoms with van der Waals surface area (Å²) in [6, 6.07) is 11.4. The maximum absolute atomic E-state index is 12.9. The normalized spacial score (nSPS) is 11.9. The van der Waals surface area contributed by atoms with Gasteiger partial charge in [-0.2, -0.15) is 0 Å². The Labute approximate surface area is 197 Å². The first-order valence-electron chi connectivity index (χ1n) is 8.73. The second kappa shape index (κ2) is 8.75. The number of rotatable bonds is 7. The Morgan fingerprint density at radius 2 is 1.50 bits per heavy atom. The fourth-order valence-electron chi connectivity index (χ4n) is 2.69. The van der Waals surface area contributed by atoms with Gasteiger partial charge in [0.2, 0.25) is 0 Å². The number of aromatic nitrogens is 1. The van der Waals surface area contributed by atoms with Gasteiger partial charge in [-0.05, 0) is 47.8 Å². The Hall–Kier alpha value is -2.57. The SMILES string of the molecule is O=S(=O)(Nc1cc(Cl)c(Cl)cc1NS(=O)(=O)c1cccs1)c1ccc(-c2cnco2)cc1. The molecule has 0 aliphatic heterocycles. The third-order valence-electron chi connectivity index (χ3n) is 4.19. The van der Waals surface area contributed by atoms with E-state index in [2.05, 4.69) is 14.4 Å². The van der Waals surface area contributed by atoms with Gasteiger partial charge < -0.3 is 4.42 Å². The molecular weight excluding hydrogens is 517 g/mol. The minimum atomic E-state index is -4.09. The summed E-state index contributed by atoms with van der Waals surface area (Å²) in [6.45, 7) is 0. The number of nitrogens with one attached hydrogen (secondary N) is 2. The molecule has 0 amide bonds. The fourth-order valence-corrected chi connectivity index (χ4v) is 6.15. The molecule has 8 nitrogen and oxygen atoms in total. The van der Waals surface area contributed by atoms with Gasteiger partial charge in [0.1, 0.15) is 4.21 Å². The molecule has 2 N–H and O–H groups in total. The van der Waals surface area contributed by atoms with Crippen LogP contribution in [-0.2, 0) is 20.0 Å². The number of hydrogen-bond acceptors (Lipinski definition) is 7. The van der Waals surface area contributed by atoms with Gasteiger partial charge in [-0.3, -0.25) is 9.44 Å². The van der Waals surface area contributed by atoms with Crippen LogP contribution in [0.15, 0.2) is 80.0 Å². The summed E-state index contributed by atoms with van der Waals surface area (Å²) >= 11 is 13.1. The van der Waals surface area contributed by atoms with Gasteiger partial charge in [0.25, 0.3) is 20.0 Å². The van der Waals surface area contributed by atoms with E-state index in [0.29, 0.717) is 11.3 Å². The monoisotopic (exact) mass is 529 g/mol. The van der Waals surface area contributed by atoms with Crippen molar-refractivity contribution >= 4 is 66.0 Å². The molecule has 2 aromatic carbocycles. The zero-order valence-corrected chi connectivity index (χ0v) is 19.8. The highest BCUT2D eigenvalue weighted by atomic mass is 35.5. The van der Waals surface area contributed by atoms with Crippen molar-refractivity contribution in [1.82, 2.24) is 4.98 Å². The lowest BCUT2D eigenvalue weighted by Crippen LogP contribution is -2.17. The zero-order chi connectivity index (χ0) is 22.9.